The van der Waals surface area contributed by atoms with Crippen molar-refractivity contribution in [1.29, 1.82) is 0 Å². The third-order valence-electron chi connectivity index (χ3n) is 3.20. The summed E-state index contributed by atoms with van der Waals surface area (Å²) >= 11 is 0. The van der Waals surface area contributed by atoms with Crippen molar-refractivity contribution in [2.24, 2.45) is 5.14 Å². The van der Waals surface area contributed by atoms with Crippen LogP contribution in [0.3, 0.4) is 0 Å². The van der Waals surface area contributed by atoms with Gasteiger partial charge in [-0.2, -0.15) is 0 Å². The predicted octanol–water partition coefficient (Wildman–Crippen LogP) is 0.506. The first-order valence-electron chi connectivity index (χ1n) is 6.19. The van der Waals surface area contributed by atoms with E-state index in [0.29, 0.717) is 17.5 Å². The normalized spacial score (nSPS) is 19.4. The standard InChI is InChI=1S/C12H19N3O3S/c1-18-12-5-4-10(19(13,16)17)7-11(12)15-8-9-3-2-6-14-9/h4-5,7,9,14-15H,2-3,6,8H2,1H3,(H2,13,16,17). The van der Waals surface area contributed by atoms with E-state index in [9.17, 15) is 8.42 Å². The molecule has 0 aliphatic carbocycles. The molecule has 4 N–H and O–H groups in total. The predicted molar refractivity (Wildman–Crippen MR) is 73.9 cm³/mol. The van der Waals surface area contributed by atoms with Crippen LogP contribution in [0, 0.1) is 0 Å². The quantitative estimate of drug-likeness (QED) is 0.733. The molecular weight excluding hydrogens is 266 g/mol. The lowest BCUT2D eigenvalue weighted by Crippen LogP contribution is -2.29. The van der Waals surface area contributed by atoms with Crippen LogP contribution >= 0.6 is 0 Å². The largest absolute Gasteiger partial charge is 0.495 e. The maximum absolute atomic E-state index is 11.3. The van der Waals surface area contributed by atoms with Crippen LogP contribution in [0.5, 0.6) is 5.75 Å². The van der Waals surface area contributed by atoms with Crippen LogP contribution in [-0.4, -0.2) is 34.7 Å². The minimum atomic E-state index is -3.70. The van der Waals surface area contributed by atoms with Crippen molar-refractivity contribution in [3.63, 3.8) is 0 Å². The Bertz CT molecular complexity index is 539. The fraction of sp³-hybridized carbons (Fsp3) is 0.500. The van der Waals surface area contributed by atoms with E-state index >= 15 is 0 Å². The van der Waals surface area contributed by atoms with Gasteiger partial charge in [-0.05, 0) is 37.6 Å². The molecule has 19 heavy (non-hydrogen) atoms. The molecule has 1 aliphatic rings. The van der Waals surface area contributed by atoms with E-state index in [4.69, 9.17) is 9.88 Å². The van der Waals surface area contributed by atoms with Crippen molar-refractivity contribution < 1.29 is 13.2 Å². The van der Waals surface area contributed by atoms with E-state index < -0.39 is 10.0 Å². The number of hydrogen-bond donors (Lipinski definition) is 3. The van der Waals surface area contributed by atoms with Crippen molar-refractivity contribution in [2.75, 3.05) is 25.5 Å². The number of hydrogen-bond acceptors (Lipinski definition) is 5. The van der Waals surface area contributed by atoms with Crippen LogP contribution in [0.1, 0.15) is 12.8 Å². The number of benzene rings is 1. The maximum atomic E-state index is 11.3. The summed E-state index contributed by atoms with van der Waals surface area (Å²) in [5, 5.41) is 11.7. The molecule has 1 saturated heterocycles. The number of nitrogens with one attached hydrogen (secondary N) is 2. The summed E-state index contributed by atoms with van der Waals surface area (Å²) in [5.41, 5.74) is 0.641. The third kappa shape index (κ3) is 3.59. The smallest absolute Gasteiger partial charge is 0.238 e. The molecule has 0 radical (unpaired) electrons. The molecule has 0 bridgehead atoms. The molecule has 0 spiro atoms. The molecule has 6 nitrogen and oxygen atoms in total. The summed E-state index contributed by atoms with van der Waals surface area (Å²) < 4.78 is 27.9. The van der Waals surface area contributed by atoms with Gasteiger partial charge in [0, 0.05) is 12.6 Å². The van der Waals surface area contributed by atoms with Crippen LogP contribution in [0.4, 0.5) is 5.69 Å². The first-order chi connectivity index (χ1) is 9.00. The lowest BCUT2D eigenvalue weighted by atomic mass is 10.2. The molecule has 1 heterocycles. The molecule has 1 aliphatic heterocycles. The number of methoxy groups -OCH3 is 1. The lowest BCUT2D eigenvalue weighted by Gasteiger charge is -2.15. The first-order valence-corrected chi connectivity index (χ1v) is 7.73. The highest BCUT2D eigenvalue weighted by Crippen LogP contribution is 2.27. The number of nitrogens with two attached hydrogens (primary N) is 1. The van der Waals surface area contributed by atoms with Crippen LogP contribution in [0.15, 0.2) is 23.1 Å². The van der Waals surface area contributed by atoms with Gasteiger partial charge in [-0.15, -0.1) is 0 Å². The molecule has 7 heteroatoms. The Morgan fingerprint density at radius 1 is 1.53 bits per heavy atom. The highest BCUT2D eigenvalue weighted by Gasteiger charge is 2.16. The zero-order valence-corrected chi connectivity index (χ0v) is 11.7. The van der Waals surface area contributed by atoms with Gasteiger partial charge in [-0.3, -0.25) is 0 Å². The zero-order chi connectivity index (χ0) is 13.9. The summed E-state index contributed by atoms with van der Waals surface area (Å²) in [6.45, 7) is 1.76. The fourth-order valence-electron chi connectivity index (χ4n) is 2.17. The Hall–Kier alpha value is -1.31. The minimum Gasteiger partial charge on any atom is -0.495 e. The van der Waals surface area contributed by atoms with Gasteiger partial charge < -0.3 is 15.4 Å². The van der Waals surface area contributed by atoms with Crippen molar-refractivity contribution in [1.82, 2.24) is 5.32 Å². The van der Waals surface area contributed by atoms with Crippen LogP contribution < -0.4 is 20.5 Å². The van der Waals surface area contributed by atoms with Crippen molar-refractivity contribution in [3.8, 4) is 5.75 Å². The highest BCUT2D eigenvalue weighted by atomic mass is 32.2. The SMILES string of the molecule is COc1ccc(S(N)(=O)=O)cc1NCC1CCCN1. The Kier molecular flexibility index (Phi) is 4.28. The third-order valence-corrected chi connectivity index (χ3v) is 4.11. The molecule has 1 unspecified atom stereocenters. The Labute approximate surface area is 113 Å². The first kappa shape index (κ1) is 14.1. The van der Waals surface area contributed by atoms with Gasteiger partial charge in [0.2, 0.25) is 10.0 Å². The fourth-order valence-corrected chi connectivity index (χ4v) is 2.71. The molecule has 1 aromatic rings. The number of rotatable bonds is 5. The molecular formula is C12H19N3O3S. The number of sulfonamides is 1. The molecule has 2 rings (SSSR count). The average Bonchev–Trinajstić information content (AvgIpc) is 2.88. The Morgan fingerprint density at radius 2 is 2.32 bits per heavy atom. The van der Waals surface area contributed by atoms with Crippen molar-refractivity contribution in [3.05, 3.63) is 18.2 Å². The summed E-state index contributed by atoms with van der Waals surface area (Å²) in [6, 6.07) is 4.95. The summed E-state index contributed by atoms with van der Waals surface area (Å²) in [6.07, 6.45) is 2.28. The lowest BCUT2D eigenvalue weighted by molar-refractivity contribution is 0.416. The second-order valence-corrected chi connectivity index (χ2v) is 6.14. The van der Waals surface area contributed by atoms with Gasteiger partial charge in [-0.25, -0.2) is 13.6 Å². The number of ether oxygens (including phenoxy) is 1. The average molecular weight is 285 g/mol. The van der Waals surface area contributed by atoms with Gasteiger partial charge in [0.15, 0.2) is 0 Å². The molecule has 1 fully saturated rings. The molecule has 0 aromatic heterocycles. The number of anilines is 1. The van der Waals surface area contributed by atoms with Crippen LogP contribution in [0.2, 0.25) is 0 Å². The van der Waals surface area contributed by atoms with E-state index in [1.165, 1.54) is 18.6 Å². The highest BCUT2D eigenvalue weighted by molar-refractivity contribution is 7.89. The zero-order valence-electron chi connectivity index (χ0n) is 10.8. The Morgan fingerprint density at radius 3 is 2.89 bits per heavy atom. The van der Waals surface area contributed by atoms with Gasteiger partial charge in [0.25, 0.3) is 0 Å². The monoisotopic (exact) mass is 285 g/mol. The van der Waals surface area contributed by atoms with Crippen LogP contribution in [0.25, 0.3) is 0 Å². The van der Waals surface area contributed by atoms with Gasteiger partial charge in [-0.1, -0.05) is 0 Å². The topological polar surface area (TPSA) is 93.5 Å². The Balaban J connectivity index is 2.16. The number of primary sulfonamides is 1. The summed E-state index contributed by atoms with van der Waals surface area (Å²) in [7, 11) is -2.15. The second kappa shape index (κ2) is 5.77. The van der Waals surface area contributed by atoms with Gasteiger partial charge >= 0.3 is 0 Å². The van der Waals surface area contributed by atoms with Gasteiger partial charge in [0.1, 0.15) is 5.75 Å². The van der Waals surface area contributed by atoms with Crippen LogP contribution in [-0.2, 0) is 10.0 Å². The van der Waals surface area contributed by atoms with Crippen molar-refractivity contribution in [2.45, 2.75) is 23.8 Å². The molecule has 0 amide bonds. The van der Waals surface area contributed by atoms with E-state index in [0.717, 1.165) is 19.5 Å². The van der Waals surface area contributed by atoms with Crippen molar-refractivity contribution >= 4 is 15.7 Å². The maximum Gasteiger partial charge on any atom is 0.238 e. The summed E-state index contributed by atoms with van der Waals surface area (Å²) in [5.74, 6) is 0.602. The molecule has 106 valence electrons. The molecule has 0 saturated carbocycles. The summed E-state index contributed by atoms with van der Waals surface area (Å²) in [4.78, 5) is 0.0789. The van der Waals surface area contributed by atoms with E-state index in [1.807, 2.05) is 0 Å². The molecule has 1 aromatic carbocycles. The second-order valence-electron chi connectivity index (χ2n) is 4.58. The molecule has 1 atom stereocenters. The van der Waals surface area contributed by atoms with E-state index in [-0.39, 0.29) is 4.90 Å². The van der Waals surface area contributed by atoms with E-state index in [1.54, 1.807) is 13.2 Å². The minimum absolute atomic E-state index is 0.0789. The van der Waals surface area contributed by atoms with E-state index in [2.05, 4.69) is 10.6 Å². The van der Waals surface area contributed by atoms with Gasteiger partial charge in [0.05, 0.1) is 17.7 Å².